The van der Waals surface area contributed by atoms with Gasteiger partial charge in [0.15, 0.2) is 0 Å². The summed E-state index contributed by atoms with van der Waals surface area (Å²) in [6, 6.07) is 7.90. The zero-order valence-electron chi connectivity index (χ0n) is 12.3. The van der Waals surface area contributed by atoms with Crippen LogP contribution in [0.15, 0.2) is 28.7 Å². The van der Waals surface area contributed by atoms with E-state index in [9.17, 15) is 0 Å². The molecule has 0 bridgehead atoms. The van der Waals surface area contributed by atoms with Crippen LogP contribution < -0.4 is 10.1 Å². The van der Waals surface area contributed by atoms with Crippen molar-refractivity contribution < 1.29 is 9.47 Å². The van der Waals surface area contributed by atoms with Crippen LogP contribution in [-0.4, -0.2) is 31.2 Å². The summed E-state index contributed by atoms with van der Waals surface area (Å²) in [5.74, 6) is 2.33. The summed E-state index contributed by atoms with van der Waals surface area (Å²) in [6.07, 6.45) is 0.635. The van der Waals surface area contributed by atoms with Crippen LogP contribution in [0.1, 0.15) is 17.1 Å². The summed E-state index contributed by atoms with van der Waals surface area (Å²) in [6.45, 7) is 0.433. The molecule has 0 fully saturated rings. The summed E-state index contributed by atoms with van der Waals surface area (Å²) < 4.78 is 11.3. The standard InChI is InChI=1S/C15H18BrN3O2/c1-17-15-14(16)12(9-20-2)18-13(19-15)8-10-5-4-6-11(7-10)21-3/h4-7H,8-9H2,1-3H3,(H,17,18,19). The minimum atomic E-state index is 0.433. The summed E-state index contributed by atoms with van der Waals surface area (Å²) in [7, 11) is 5.14. The molecule has 6 heteroatoms. The number of hydrogen-bond donors (Lipinski definition) is 1. The molecule has 1 heterocycles. The van der Waals surface area contributed by atoms with Crippen LogP contribution in [-0.2, 0) is 17.8 Å². The highest BCUT2D eigenvalue weighted by Gasteiger charge is 2.12. The van der Waals surface area contributed by atoms with Crippen molar-refractivity contribution in [3.05, 3.63) is 45.8 Å². The van der Waals surface area contributed by atoms with Gasteiger partial charge in [-0.05, 0) is 33.6 Å². The summed E-state index contributed by atoms with van der Waals surface area (Å²) in [5.41, 5.74) is 1.93. The van der Waals surface area contributed by atoms with Gasteiger partial charge in [0.05, 0.1) is 23.9 Å². The Balaban J connectivity index is 2.32. The van der Waals surface area contributed by atoms with Crippen molar-refractivity contribution in [2.24, 2.45) is 0 Å². The molecule has 1 aromatic heterocycles. The molecule has 0 aliphatic heterocycles. The largest absolute Gasteiger partial charge is 0.497 e. The number of nitrogens with zero attached hydrogens (tertiary/aromatic N) is 2. The first-order valence-electron chi connectivity index (χ1n) is 6.52. The molecule has 0 spiro atoms. The first-order chi connectivity index (χ1) is 10.2. The van der Waals surface area contributed by atoms with E-state index in [4.69, 9.17) is 9.47 Å². The van der Waals surface area contributed by atoms with Gasteiger partial charge in [0, 0.05) is 20.6 Å². The van der Waals surface area contributed by atoms with E-state index in [2.05, 4.69) is 31.2 Å². The second kappa shape index (κ2) is 7.38. The van der Waals surface area contributed by atoms with Gasteiger partial charge in [-0.15, -0.1) is 0 Å². The third kappa shape index (κ3) is 3.92. The van der Waals surface area contributed by atoms with E-state index in [1.165, 1.54) is 0 Å². The molecule has 0 aliphatic carbocycles. The molecular formula is C15H18BrN3O2. The van der Waals surface area contributed by atoms with Crippen molar-refractivity contribution in [1.82, 2.24) is 9.97 Å². The average molecular weight is 352 g/mol. The first kappa shape index (κ1) is 15.7. The molecule has 0 radical (unpaired) electrons. The lowest BCUT2D eigenvalue weighted by Crippen LogP contribution is -2.07. The number of ether oxygens (including phenoxy) is 2. The number of hydrogen-bond acceptors (Lipinski definition) is 5. The third-order valence-electron chi connectivity index (χ3n) is 2.98. The van der Waals surface area contributed by atoms with E-state index in [0.717, 1.165) is 33.1 Å². The Labute approximate surface area is 132 Å². The zero-order valence-corrected chi connectivity index (χ0v) is 13.9. The summed E-state index contributed by atoms with van der Waals surface area (Å²) in [4.78, 5) is 9.08. The number of nitrogens with one attached hydrogen (secondary N) is 1. The van der Waals surface area contributed by atoms with Gasteiger partial charge < -0.3 is 14.8 Å². The van der Waals surface area contributed by atoms with Crippen LogP contribution in [0, 0.1) is 0 Å². The SMILES string of the molecule is CNc1nc(Cc2cccc(OC)c2)nc(COC)c1Br. The van der Waals surface area contributed by atoms with Crippen molar-refractivity contribution in [3.63, 3.8) is 0 Å². The smallest absolute Gasteiger partial charge is 0.144 e. The molecule has 21 heavy (non-hydrogen) atoms. The first-order valence-corrected chi connectivity index (χ1v) is 7.32. The lowest BCUT2D eigenvalue weighted by molar-refractivity contribution is 0.180. The molecule has 2 aromatic rings. The number of halogens is 1. The number of rotatable bonds is 6. The van der Waals surface area contributed by atoms with Crippen LogP contribution in [0.4, 0.5) is 5.82 Å². The van der Waals surface area contributed by atoms with Crippen LogP contribution in [0.2, 0.25) is 0 Å². The third-order valence-corrected chi connectivity index (χ3v) is 3.81. The van der Waals surface area contributed by atoms with Gasteiger partial charge in [-0.1, -0.05) is 12.1 Å². The van der Waals surface area contributed by atoms with E-state index >= 15 is 0 Å². The Hall–Kier alpha value is -1.66. The predicted octanol–water partition coefficient (Wildman–Crippen LogP) is 3.03. The van der Waals surface area contributed by atoms with E-state index in [1.807, 2.05) is 31.3 Å². The topological polar surface area (TPSA) is 56.3 Å². The maximum Gasteiger partial charge on any atom is 0.144 e. The molecule has 0 aliphatic rings. The predicted molar refractivity (Wildman–Crippen MR) is 85.8 cm³/mol. The Kier molecular flexibility index (Phi) is 5.52. The number of benzene rings is 1. The minimum Gasteiger partial charge on any atom is -0.497 e. The molecule has 1 N–H and O–H groups in total. The fraction of sp³-hybridized carbons (Fsp3) is 0.333. The Morgan fingerprint density at radius 2 is 2.05 bits per heavy atom. The quantitative estimate of drug-likeness (QED) is 0.866. The number of anilines is 1. The lowest BCUT2D eigenvalue weighted by atomic mass is 10.1. The van der Waals surface area contributed by atoms with Gasteiger partial charge in [-0.25, -0.2) is 9.97 Å². The molecular weight excluding hydrogens is 334 g/mol. The normalized spacial score (nSPS) is 10.5. The van der Waals surface area contributed by atoms with Gasteiger partial charge in [0.2, 0.25) is 0 Å². The fourth-order valence-electron chi connectivity index (χ4n) is 1.99. The van der Waals surface area contributed by atoms with E-state index in [1.54, 1.807) is 14.2 Å². The highest BCUT2D eigenvalue weighted by atomic mass is 79.9. The van der Waals surface area contributed by atoms with Crippen molar-refractivity contribution in [3.8, 4) is 5.75 Å². The lowest BCUT2D eigenvalue weighted by Gasteiger charge is -2.11. The minimum absolute atomic E-state index is 0.433. The van der Waals surface area contributed by atoms with Gasteiger partial charge in [-0.3, -0.25) is 0 Å². The molecule has 0 amide bonds. The van der Waals surface area contributed by atoms with Crippen LogP contribution >= 0.6 is 15.9 Å². The number of methoxy groups -OCH3 is 2. The molecule has 112 valence electrons. The van der Waals surface area contributed by atoms with Gasteiger partial charge in [0.1, 0.15) is 17.4 Å². The Morgan fingerprint density at radius 3 is 2.71 bits per heavy atom. The van der Waals surface area contributed by atoms with Crippen molar-refractivity contribution in [2.75, 3.05) is 26.6 Å². The Bertz CT molecular complexity index is 620. The summed E-state index contributed by atoms with van der Waals surface area (Å²) in [5, 5.41) is 3.06. The number of aromatic nitrogens is 2. The molecule has 1 aromatic carbocycles. The average Bonchev–Trinajstić information content (AvgIpc) is 2.50. The molecule has 5 nitrogen and oxygen atoms in total. The molecule has 0 unspecified atom stereocenters. The summed E-state index contributed by atoms with van der Waals surface area (Å²) >= 11 is 3.50. The van der Waals surface area contributed by atoms with Gasteiger partial charge in [0.25, 0.3) is 0 Å². The van der Waals surface area contributed by atoms with Gasteiger partial charge in [-0.2, -0.15) is 0 Å². The fourth-order valence-corrected chi connectivity index (χ4v) is 2.48. The maximum absolute atomic E-state index is 5.24. The highest BCUT2D eigenvalue weighted by Crippen LogP contribution is 2.25. The molecule has 0 saturated heterocycles. The second-order valence-corrected chi connectivity index (χ2v) is 5.25. The Morgan fingerprint density at radius 1 is 1.24 bits per heavy atom. The van der Waals surface area contributed by atoms with Crippen LogP contribution in [0.25, 0.3) is 0 Å². The maximum atomic E-state index is 5.24. The van der Waals surface area contributed by atoms with E-state index in [-0.39, 0.29) is 0 Å². The molecule has 2 rings (SSSR count). The second-order valence-electron chi connectivity index (χ2n) is 4.46. The van der Waals surface area contributed by atoms with Crippen molar-refractivity contribution in [1.29, 1.82) is 0 Å². The highest BCUT2D eigenvalue weighted by molar-refractivity contribution is 9.10. The van der Waals surface area contributed by atoms with Crippen LogP contribution in [0.5, 0.6) is 5.75 Å². The van der Waals surface area contributed by atoms with Crippen molar-refractivity contribution >= 4 is 21.7 Å². The van der Waals surface area contributed by atoms with Crippen LogP contribution in [0.3, 0.4) is 0 Å². The van der Waals surface area contributed by atoms with E-state index < -0.39 is 0 Å². The monoisotopic (exact) mass is 351 g/mol. The molecule has 0 atom stereocenters. The van der Waals surface area contributed by atoms with E-state index in [0.29, 0.717) is 13.0 Å². The molecule has 0 saturated carbocycles. The van der Waals surface area contributed by atoms with Gasteiger partial charge >= 0.3 is 0 Å². The zero-order chi connectivity index (χ0) is 15.2. The van der Waals surface area contributed by atoms with Crippen molar-refractivity contribution in [2.45, 2.75) is 13.0 Å².